The molecule has 0 saturated carbocycles. The molecule has 0 aliphatic carbocycles. The van der Waals surface area contributed by atoms with Crippen LogP contribution in [-0.2, 0) is 0 Å². The Balaban J connectivity index is 3.20. The van der Waals surface area contributed by atoms with Crippen molar-refractivity contribution in [2.75, 3.05) is 25.0 Å². The zero-order valence-corrected chi connectivity index (χ0v) is 11.3. The maximum Gasteiger partial charge on any atom is 0.130 e. The Hall–Kier alpha value is -1.53. The summed E-state index contributed by atoms with van der Waals surface area (Å²) in [6.45, 7) is 5.36. The third-order valence-corrected chi connectivity index (χ3v) is 3.01. The number of hydrogen-bond donors (Lipinski definition) is 1. The smallest absolute Gasteiger partial charge is 0.130 e. The number of benzene rings is 1. The van der Waals surface area contributed by atoms with Gasteiger partial charge in [-0.15, -0.1) is 6.42 Å². The van der Waals surface area contributed by atoms with Crippen LogP contribution in [0.4, 0.5) is 10.1 Å². The van der Waals surface area contributed by atoms with Crippen LogP contribution in [0.2, 0.25) is 0 Å². The topological polar surface area (TPSA) is 15.3 Å². The fraction of sp³-hybridized carbons (Fsp3) is 0.467. The SMILES string of the molecule is C#CCN(CCC)c1cccc(F)c1C(C)NC. The molecule has 1 unspecified atom stereocenters. The van der Waals surface area contributed by atoms with Gasteiger partial charge in [0.2, 0.25) is 0 Å². The number of anilines is 1. The first-order chi connectivity index (χ1) is 8.65. The zero-order chi connectivity index (χ0) is 13.5. The van der Waals surface area contributed by atoms with Crippen molar-refractivity contribution in [3.63, 3.8) is 0 Å². The average Bonchev–Trinajstić information content (AvgIpc) is 2.37. The molecular formula is C15H21FN2. The van der Waals surface area contributed by atoms with E-state index in [1.165, 1.54) is 6.07 Å². The summed E-state index contributed by atoms with van der Waals surface area (Å²) in [5, 5.41) is 3.08. The maximum atomic E-state index is 14.0. The lowest BCUT2D eigenvalue weighted by atomic mass is 10.0. The lowest BCUT2D eigenvalue weighted by Crippen LogP contribution is -2.27. The molecule has 0 bridgehead atoms. The Kier molecular flexibility index (Phi) is 5.67. The molecule has 2 nitrogen and oxygen atoms in total. The minimum atomic E-state index is -0.188. The van der Waals surface area contributed by atoms with Crippen molar-refractivity contribution in [3.8, 4) is 12.3 Å². The minimum Gasteiger partial charge on any atom is -0.360 e. The summed E-state index contributed by atoms with van der Waals surface area (Å²) in [4.78, 5) is 2.05. The summed E-state index contributed by atoms with van der Waals surface area (Å²) in [5.74, 6) is 2.45. The van der Waals surface area contributed by atoms with Crippen molar-refractivity contribution in [2.24, 2.45) is 0 Å². The van der Waals surface area contributed by atoms with E-state index in [1.807, 2.05) is 24.9 Å². The van der Waals surface area contributed by atoms with Crippen LogP contribution >= 0.6 is 0 Å². The number of nitrogens with zero attached hydrogens (tertiary/aromatic N) is 1. The first-order valence-corrected chi connectivity index (χ1v) is 6.29. The third-order valence-electron chi connectivity index (χ3n) is 3.01. The predicted octanol–water partition coefficient (Wildman–Crippen LogP) is 2.96. The molecule has 0 aliphatic rings. The van der Waals surface area contributed by atoms with Crippen molar-refractivity contribution in [2.45, 2.75) is 26.3 Å². The molecule has 0 amide bonds. The van der Waals surface area contributed by atoms with Crippen LogP contribution in [0.15, 0.2) is 18.2 Å². The Bertz CT molecular complexity index is 423. The van der Waals surface area contributed by atoms with E-state index in [-0.39, 0.29) is 11.9 Å². The molecule has 0 spiro atoms. The second-order valence-electron chi connectivity index (χ2n) is 4.31. The van der Waals surface area contributed by atoms with E-state index in [4.69, 9.17) is 6.42 Å². The Morgan fingerprint density at radius 1 is 1.50 bits per heavy atom. The maximum absolute atomic E-state index is 14.0. The molecule has 1 aromatic carbocycles. The van der Waals surface area contributed by atoms with Gasteiger partial charge in [-0.3, -0.25) is 0 Å². The standard InChI is InChI=1S/C15H21FN2/c1-5-10-18(11-6-2)14-9-7-8-13(16)15(14)12(3)17-4/h1,7-9,12,17H,6,10-11H2,2-4H3. The Morgan fingerprint density at radius 3 is 2.78 bits per heavy atom. The van der Waals surface area contributed by atoms with Crippen LogP contribution in [0, 0.1) is 18.2 Å². The van der Waals surface area contributed by atoms with E-state index in [2.05, 4.69) is 18.2 Å². The van der Waals surface area contributed by atoms with Crippen LogP contribution in [0.1, 0.15) is 31.9 Å². The summed E-state index contributed by atoms with van der Waals surface area (Å²) in [7, 11) is 1.83. The molecule has 98 valence electrons. The Morgan fingerprint density at radius 2 is 2.22 bits per heavy atom. The number of hydrogen-bond acceptors (Lipinski definition) is 2. The second kappa shape index (κ2) is 7.03. The van der Waals surface area contributed by atoms with Gasteiger partial charge in [-0.1, -0.05) is 18.9 Å². The van der Waals surface area contributed by atoms with E-state index in [9.17, 15) is 4.39 Å². The van der Waals surface area contributed by atoms with Gasteiger partial charge in [-0.2, -0.15) is 0 Å². The van der Waals surface area contributed by atoms with Gasteiger partial charge in [0.05, 0.1) is 6.54 Å². The van der Waals surface area contributed by atoms with E-state index < -0.39 is 0 Å². The van der Waals surface area contributed by atoms with E-state index in [0.717, 1.165) is 18.7 Å². The Labute approximate surface area is 109 Å². The molecule has 0 fully saturated rings. The number of terminal acetylenes is 1. The number of nitrogens with one attached hydrogen (secondary N) is 1. The van der Waals surface area contributed by atoms with Crippen molar-refractivity contribution in [1.82, 2.24) is 5.32 Å². The van der Waals surface area contributed by atoms with Crippen LogP contribution in [0.25, 0.3) is 0 Å². The fourth-order valence-electron chi connectivity index (χ4n) is 2.04. The van der Waals surface area contributed by atoms with Gasteiger partial charge in [0, 0.05) is 23.8 Å². The molecule has 0 aliphatic heterocycles. The van der Waals surface area contributed by atoms with Gasteiger partial charge >= 0.3 is 0 Å². The fourth-order valence-corrected chi connectivity index (χ4v) is 2.04. The van der Waals surface area contributed by atoms with Crippen molar-refractivity contribution < 1.29 is 4.39 Å². The van der Waals surface area contributed by atoms with Crippen molar-refractivity contribution in [1.29, 1.82) is 0 Å². The lowest BCUT2D eigenvalue weighted by molar-refractivity contribution is 0.560. The van der Waals surface area contributed by atoms with Gasteiger partial charge in [0.25, 0.3) is 0 Å². The minimum absolute atomic E-state index is 0.0432. The second-order valence-corrected chi connectivity index (χ2v) is 4.31. The summed E-state index contributed by atoms with van der Waals surface area (Å²) < 4.78 is 14.0. The van der Waals surface area contributed by atoms with Crippen LogP contribution in [0.3, 0.4) is 0 Å². The molecule has 18 heavy (non-hydrogen) atoms. The molecule has 1 aromatic rings. The first-order valence-electron chi connectivity index (χ1n) is 6.29. The molecule has 3 heteroatoms. The lowest BCUT2D eigenvalue weighted by Gasteiger charge is -2.27. The third kappa shape index (κ3) is 3.24. The largest absolute Gasteiger partial charge is 0.360 e. The summed E-state index contributed by atoms with van der Waals surface area (Å²) >= 11 is 0. The van der Waals surface area contributed by atoms with Crippen LogP contribution in [0.5, 0.6) is 0 Å². The summed E-state index contributed by atoms with van der Waals surface area (Å²) in [6.07, 6.45) is 6.37. The highest BCUT2D eigenvalue weighted by Gasteiger charge is 2.17. The summed E-state index contributed by atoms with van der Waals surface area (Å²) in [5.41, 5.74) is 1.57. The molecule has 0 aromatic heterocycles. The van der Waals surface area contributed by atoms with E-state index >= 15 is 0 Å². The molecule has 1 atom stereocenters. The number of rotatable bonds is 6. The monoisotopic (exact) mass is 248 g/mol. The van der Waals surface area contributed by atoms with Gasteiger partial charge in [-0.05, 0) is 32.5 Å². The molecule has 1 N–H and O–H groups in total. The van der Waals surface area contributed by atoms with Crippen molar-refractivity contribution >= 4 is 5.69 Å². The van der Waals surface area contributed by atoms with Gasteiger partial charge in [-0.25, -0.2) is 4.39 Å². The predicted molar refractivity (Wildman–Crippen MR) is 75.2 cm³/mol. The van der Waals surface area contributed by atoms with E-state index in [0.29, 0.717) is 12.1 Å². The molecule has 1 rings (SSSR count). The zero-order valence-electron chi connectivity index (χ0n) is 11.3. The number of halogens is 1. The highest BCUT2D eigenvalue weighted by atomic mass is 19.1. The average molecular weight is 248 g/mol. The molecular weight excluding hydrogens is 227 g/mol. The molecule has 0 heterocycles. The molecule has 0 saturated heterocycles. The normalized spacial score (nSPS) is 11.9. The molecule has 0 radical (unpaired) electrons. The first kappa shape index (κ1) is 14.5. The van der Waals surface area contributed by atoms with Crippen LogP contribution in [-0.4, -0.2) is 20.1 Å². The van der Waals surface area contributed by atoms with Crippen LogP contribution < -0.4 is 10.2 Å². The van der Waals surface area contributed by atoms with Gasteiger partial charge in [0.1, 0.15) is 5.82 Å². The van der Waals surface area contributed by atoms with Crippen molar-refractivity contribution in [3.05, 3.63) is 29.6 Å². The quantitative estimate of drug-likeness (QED) is 0.779. The van der Waals surface area contributed by atoms with E-state index in [1.54, 1.807) is 6.07 Å². The van der Waals surface area contributed by atoms with Gasteiger partial charge in [0.15, 0.2) is 0 Å². The highest BCUT2D eigenvalue weighted by Crippen LogP contribution is 2.28. The summed E-state index contributed by atoms with van der Waals surface area (Å²) in [6, 6.07) is 5.11. The van der Waals surface area contributed by atoms with Gasteiger partial charge < -0.3 is 10.2 Å². The highest BCUT2D eigenvalue weighted by molar-refractivity contribution is 5.56.